The molecular weight excluding hydrogens is 176 g/mol. The van der Waals surface area contributed by atoms with Gasteiger partial charge in [0, 0.05) is 13.0 Å². The number of aliphatic hydroxyl groups is 1. The molecule has 0 atom stereocenters. The molecule has 2 nitrogen and oxygen atoms in total. The van der Waals surface area contributed by atoms with Gasteiger partial charge >= 0.3 is 0 Å². The summed E-state index contributed by atoms with van der Waals surface area (Å²) < 4.78 is 5.48. The third-order valence-corrected chi connectivity index (χ3v) is 2.10. The average Bonchev–Trinajstić information content (AvgIpc) is 2.19. The molecule has 2 heteroatoms. The van der Waals surface area contributed by atoms with Crippen LogP contribution in [-0.4, -0.2) is 18.3 Å². The lowest BCUT2D eigenvalue weighted by molar-refractivity contribution is 0.233. The second-order valence-electron chi connectivity index (χ2n) is 3.65. The Morgan fingerprint density at radius 1 is 1.36 bits per heavy atom. The summed E-state index contributed by atoms with van der Waals surface area (Å²) in [4.78, 5) is 0. The molecule has 0 aliphatic carbocycles. The Kier molecular flexibility index (Phi) is 4.47. The van der Waals surface area contributed by atoms with Gasteiger partial charge in [0.25, 0.3) is 0 Å². The average molecular weight is 194 g/mol. The van der Waals surface area contributed by atoms with Gasteiger partial charge in [-0.1, -0.05) is 26.0 Å². The van der Waals surface area contributed by atoms with Crippen molar-refractivity contribution in [3.05, 3.63) is 29.8 Å². The van der Waals surface area contributed by atoms with Crippen LogP contribution in [0, 0.1) is 0 Å². The third-order valence-electron chi connectivity index (χ3n) is 2.10. The normalized spacial score (nSPS) is 10.6. The van der Waals surface area contributed by atoms with E-state index in [1.54, 1.807) is 0 Å². The van der Waals surface area contributed by atoms with Crippen LogP contribution in [0.5, 0.6) is 5.75 Å². The largest absolute Gasteiger partial charge is 0.493 e. The van der Waals surface area contributed by atoms with Crippen LogP contribution in [0.1, 0.15) is 31.7 Å². The molecule has 0 aliphatic heterocycles. The smallest absolute Gasteiger partial charge is 0.119 e. The van der Waals surface area contributed by atoms with Crippen LogP contribution < -0.4 is 4.74 Å². The molecule has 0 bridgehead atoms. The zero-order valence-electron chi connectivity index (χ0n) is 8.86. The van der Waals surface area contributed by atoms with E-state index in [0.29, 0.717) is 18.9 Å². The minimum absolute atomic E-state index is 0.184. The molecule has 0 fully saturated rings. The first-order valence-electron chi connectivity index (χ1n) is 5.07. The number of hydrogen-bond donors (Lipinski definition) is 1. The molecule has 0 saturated carbocycles. The van der Waals surface area contributed by atoms with E-state index >= 15 is 0 Å². The first-order chi connectivity index (χ1) is 6.74. The van der Waals surface area contributed by atoms with E-state index < -0.39 is 0 Å². The van der Waals surface area contributed by atoms with Crippen molar-refractivity contribution < 1.29 is 9.84 Å². The van der Waals surface area contributed by atoms with Crippen molar-refractivity contribution in [3.8, 4) is 5.75 Å². The van der Waals surface area contributed by atoms with Crippen LogP contribution in [-0.2, 0) is 0 Å². The zero-order chi connectivity index (χ0) is 10.4. The Bertz CT molecular complexity index is 269. The van der Waals surface area contributed by atoms with Crippen molar-refractivity contribution >= 4 is 0 Å². The molecule has 0 amide bonds. The molecule has 0 spiro atoms. The van der Waals surface area contributed by atoms with Gasteiger partial charge in [0.2, 0.25) is 0 Å². The minimum Gasteiger partial charge on any atom is -0.493 e. The van der Waals surface area contributed by atoms with Crippen LogP contribution >= 0.6 is 0 Å². The first kappa shape index (κ1) is 11.1. The molecule has 78 valence electrons. The van der Waals surface area contributed by atoms with Gasteiger partial charge in [-0.25, -0.2) is 0 Å². The summed E-state index contributed by atoms with van der Waals surface area (Å²) in [5.74, 6) is 1.42. The van der Waals surface area contributed by atoms with Crippen LogP contribution in [0.3, 0.4) is 0 Å². The number of benzene rings is 1. The Labute approximate surface area is 85.5 Å². The van der Waals surface area contributed by atoms with Crippen molar-refractivity contribution in [2.75, 3.05) is 13.2 Å². The number of ether oxygens (including phenoxy) is 1. The lowest BCUT2D eigenvalue weighted by Crippen LogP contribution is -2.00. The standard InChI is InChI=1S/C12H18O2/c1-10(2)11-5-3-6-12(9-11)14-8-4-7-13/h3,5-6,9-10,13H,4,7-8H2,1-2H3. The molecule has 0 saturated heterocycles. The highest BCUT2D eigenvalue weighted by atomic mass is 16.5. The van der Waals surface area contributed by atoms with Crippen molar-refractivity contribution in [3.63, 3.8) is 0 Å². The summed E-state index contributed by atoms with van der Waals surface area (Å²) in [6.45, 7) is 5.08. The Morgan fingerprint density at radius 2 is 2.14 bits per heavy atom. The fraction of sp³-hybridized carbons (Fsp3) is 0.500. The molecular formula is C12H18O2. The van der Waals surface area contributed by atoms with E-state index in [1.165, 1.54) is 5.56 Å². The summed E-state index contributed by atoms with van der Waals surface area (Å²) in [7, 11) is 0. The molecule has 1 N–H and O–H groups in total. The monoisotopic (exact) mass is 194 g/mol. The Hall–Kier alpha value is -1.02. The van der Waals surface area contributed by atoms with E-state index in [4.69, 9.17) is 9.84 Å². The van der Waals surface area contributed by atoms with Gasteiger partial charge in [0.05, 0.1) is 6.61 Å². The molecule has 1 rings (SSSR count). The topological polar surface area (TPSA) is 29.5 Å². The SMILES string of the molecule is CC(C)c1cccc(OCCCO)c1. The van der Waals surface area contributed by atoms with Gasteiger partial charge in [-0.2, -0.15) is 0 Å². The minimum atomic E-state index is 0.184. The van der Waals surface area contributed by atoms with Gasteiger partial charge in [0.1, 0.15) is 5.75 Å². The summed E-state index contributed by atoms with van der Waals surface area (Å²) >= 11 is 0. The lowest BCUT2D eigenvalue weighted by atomic mass is 10.0. The lowest BCUT2D eigenvalue weighted by Gasteiger charge is -2.09. The van der Waals surface area contributed by atoms with Gasteiger partial charge < -0.3 is 9.84 Å². The molecule has 0 aromatic heterocycles. The number of aliphatic hydroxyl groups excluding tert-OH is 1. The molecule has 0 heterocycles. The van der Waals surface area contributed by atoms with Crippen molar-refractivity contribution in [2.24, 2.45) is 0 Å². The maximum absolute atomic E-state index is 8.61. The van der Waals surface area contributed by atoms with Crippen LogP contribution in [0.4, 0.5) is 0 Å². The second kappa shape index (κ2) is 5.66. The van der Waals surface area contributed by atoms with Crippen LogP contribution in [0.15, 0.2) is 24.3 Å². The van der Waals surface area contributed by atoms with Crippen LogP contribution in [0.2, 0.25) is 0 Å². The Balaban J connectivity index is 2.55. The molecule has 1 aromatic rings. The first-order valence-corrected chi connectivity index (χ1v) is 5.07. The fourth-order valence-electron chi connectivity index (χ4n) is 1.22. The van der Waals surface area contributed by atoms with E-state index in [9.17, 15) is 0 Å². The summed E-state index contributed by atoms with van der Waals surface area (Å²) in [6, 6.07) is 8.11. The molecule has 14 heavy (non-hydrogen) atoms. The molecule has 0 radical (unpaired) electrons. The number of hydrogen-bond acceptors (Lipinski definition) is 2. The highest BCUT2D eigenvalue weighted by Gasteiger charge is 2.00. The van der Waals surface area contributed by atoms with E-state index in [0.717, 1.165) is 5.75 Å². The predicted molar refractivity (Wildman–Crippen MR) is 57.7 cm³/mol. The van der Waals surface area contributed by atoms with E-state index in [1.807, 2.05) is 12.1 Å². The molecule has 0 unspecified atom stereocenters. The molecule has 1 aromatic carbocycles. The fourth-order valence-corrected chi connectivity index (χ4v) is 1.22. The van der Waals surface area contributed by atoms with Gasteiger partial charge in [0.15, 0.2) is 0 Å². The molecule has 0 aliphatic rings. The third kappa shape index (κ3) is 3.38. The summed E-state index contributed by atoms with van der Waals surface area (Å²) in [5, 5.41) is 8.61. The Morgan fingerprint density at radius 3 is 2.79 bits per heavy atom. The van der Waals surface area contributed by atoms with Crippen molar-refractivity contribution in [1.29, 1.82) is 0 Å². The maximum Gasteiger partial charge on any atom is 0.119 e. The van der Waals surface area contributed by atoms with E-state index in [-0.39, 0.29) is 6.61 Å². The second-order valence-corrected chi connectivity index (χ2v) is 3.65. The summed E-state index contributed by atoms with van der Waals surface area (Å²) in [5.41, 5.74) is 1.28. The van der Waals surface area contributed by atoms with E-state index in [2.05, 4.69) is 26.0 Å². The number of rotatable bonds is 5. The quantitative estimate of drug-likeness (QED) is 0.730. The van der Waals surface area contributed by atoms with Crippen molar-refractivity contribution in [1.82, 2.24) is 0 Å². The maximum atomic E-state index is 8.61. The van der Waals surface area contributed by atoms with Crippen LogP contribution in [0.25, 0.3) is 0 Å². The van der Waals surface area contributed by atoms with Crippen molar-refractivity contribution in [2.45, 2.75) is 26.2 Å². The highest BCUT2D eigenvalue weighted by molar-refractivity contribution is 5.30. The zero-order valence-corrected chi connectivity index (χ0v) is 8.86. The summed E-state index contributed by atoms with van der Waals surface area (Å²) in [6.07, 6.45) is 0.686. The predicted octanol–water partition coefficient (Wildman–Crippen LogP) is 2.57. The van der Waals surface area contributed by atoms with Gasteiger partial charge in [-0.05, 0) is 23.6 Å². The highest BCUT2D eigenvalue weighted by Crippen LogP contribution is 2.19. The van der Waals surface area contributed by atoms with Gasteiger partial charge in [-0.15, -0.1) is 0 Å². The van der Waals surface area contributed by atoms with Gasteiger partial charge in [-0.3, -0.25) is 0 Å².